The molecule has 0 saturated carbocycles. The second kappa shape index (κ2) is 10.5. The van der Waals surface area contributed by atoms with Crippen LogP contribution in [0.3, 0.4) is 0 Å². The molecular weight excluding hydrogens is 448 g/mol. The Morgan fingerprint density at radius 2 is 1.71 bits per heavy atom. The van der Waals surface area contributed by atoms with E-state index in [4.69, 9.17) is 14.6 Å². The average Bonchev–Trinajstić information content (AvgIpc) is 3.15. The molecule has 0 aromatic heterocycles. The summed E-state index contributed by atoms with van der Waals surface area (Å²) in [4.78, 5) is 38.1. The Balaban J connectivity index is 1.30. The Morgan fingerprint density at radius 3 is 2.34 bits per heavy atom. The number of nitrogens with one attached hydrogen (secondary N) is 1. The zero-order chi connectivity index (χ0) is 25.0. The van der Waals surface area contributed by atoms with Crippen LogP contribution in [0.2, 0.25) is 0 Å². The number of amides is 2. The highest BCUT2D eigenvalue weighted by Gasteiger charge is 2.32. The monoisotopic (exact) mass is 480 g/mol. The summed E-state index contributed by atoms with van der Waals surface area (Å²) < 4.78 is 11.0. The molecule has 0 spiro atoms. The first-order valence-corrected chi connectivity index (χ1v) is 12.0. The molecule has 1 unspecified atom stereocenters. The number of benzene rings is 2. The van der Waals surface area contributed by atoms with Gasteiger partial charge in [-0.1, -0.05) is 48.5 Å². The van der Waals surface area contributed by atoms with Crippen LogP contribution < -0.4 is 5.32 Å². The second-order valence-corrected chi connectivity index (χ2v) is 9.75. The topological polar surface area (TPSA) is 105 Å². The van der Waals surface area contributed by atoms with Gasteiger partial charge in [-0.2, -0.15) is 0 Å². The lowest BCUT2D eigenvalue weighted by atomic mass is 9.97. The Hall–Kier alpha value is -3.39. The zero-order valence-electron chi connectivity index (χ0n) is 20.2. The van der Waals surface area contributed by atoms with Crippen LogP contribution in [0.4, 0.5) is 4.79 Å². The third-order valence-electron chi connectivity index (χ3n) is 6.71. The van der Waals surface area contributed by atoms with Gasteiger partial charge in [0.25, 0.3) is 0 Å². The molecule has 2 aliphatic rings. The highest BCUT2D eigenvalue weighted by Crippen LogP contribution is 2.44. The molecule has 8 heteroatoms. The summed E-state index contributed by atoms with van der Waals surface area (Å²) in [6.45, 7) is 4.89. The molecule has 1 aliphatic heterocycles. The largest absolute Gasteiger partial charge is 0.481 e. The summed E-state index contributed by atoms with van der Waals surface area (Å²) in [5, 5.41) is 12.0. The predicted molar refractivity (Wildman–Crippen MR) is 130 cm³/mol. The van der Waals surface area contributed by atoms with E-state index in [9.17, 15) is 14.4 Å². The standard InChI is InChI=1S/C27H32N2O6/c1-27(2,12-11-24(30)29-13-14-34-16-18(29)15-25(31)32)28-26(33)35-17-23-21-9-5-3-7-19(21)20-8-4-6-10-22(20)23/h3-10,18,23H,11-17H2,1-2H3,(H,28,33)(H,31,32). The van der Waals surface area contributed by atoms with Crippen LogP contribution >= 0.6 is 0 Å². The number of aliphatic carboxylic acids is 1. The Bertz CT molecular complexity index is 1050. The molecule has 8 nitrogen and oxygen atoms in total. The third-order valence-corrected chi connectivity index (χ3v) is 6.71. The van der Waals surface area contributed by atoms with Crippen molar-refractivity contribution < 1.29 is 29.0 Å². The quantitative estimate of drug-likeness (QED) is 0.596. The fourth-order valence-corrected chi connectivity index (χ4v) is 4.89. The molecule has 2 aromatic rings. The molecule has 0 radical (unpaired) electrons. The first-order valence-electron chi connectivity index (χ1n) is 12.0. The summed E-state index contributed by atoms with van der Waals surface area (Å²) in [7, 11) is 0. The maximum atomic E-state index is 12.8. The summed E-state index contributed by atoms with van der Waals surface area (Å²) in [5.41, 5.74) is 3.95. The van der Waals surface area contributed by atoms with Crippen molar-refractivity contribution in [3.63, 3.8) is 0 Å². The summed E-state index contributed by atoms with van der Waals surface area (Å²) in [6, 6.07) is 15.9. The lowest BCUT2D eigenvalue weighted by Gasteiger charge is -2.35. The van der Waals surface area contributed by atoms with Gasteiger partial charge in [0.05, 0.1) is 25.7 Å². The molecular formula is C27H32N2O6. The molecule has 2 amide bonds. The molecule has 1 aliphatic carbocycles. The molecule has 1 fully saturated rings. The SMILES string of the molecule is CC(C)(CCC(=O)N1CCOCC1CC(=O)O)NC(=O)OCC1c2ccccc2-c2ccccc21. The number of ether oxygens (including phenoxy) is 2. The van der Waals surface area contributed by atoms with Crippen LogP contribution in [0.5, 0.6) is 0 Å². The van der Waals surface area contributed by atoms with Gasteiger partial charge in [-0.05, 0) is 42.5 Å². The molecule has 1 heterocycles. The number of hydrogen-bond acceptors (Lipinski definition) is 5. The van der Waals surface area contributed by atoms with Gasteiger partial charge in [0.15, 0.2) is 0 Å². The van der Waals surface area contributed by atoms with Crippen molar-refractivity contribution in [2.24, 2.45) is 0 Å². The van der Waals surface area contributed by atoms with E-state index in [2.05, 4.69) is 29.6 Å². The minimum atomic E-state index is -0.962. The number of nitrogens with zero attached hydrogens (tertiary/aromatic N) is 1. The molecule has 2 N–H and O–H groups in total. The third kappa shape index (κ3) is 5.82. The van der Waals surface area contributed by atoms with Crippen molar-refractivity contribution in [1.29, 1.82) is 0 Å². The van der Waals surface area contributed by atoms with Crippen LogP contribution in [0.25, 0.3) is 11.1 Å². The van der Waals surface area contributed by atoms with Crippen LogP contribution in [0.1, 0.15) is 50.2 Å². The van der Waals surface area contributed by atoms with Crippen LogP contribution in [-0.4, -0.2) is 65.9 Å². The van der Waals surface area contributed by atoms with Gasteiger partial charge in [0, 0.05) is 24.4 Å². The minimum Gasteiger partial charge on any atom is -0.481 e. The van der Waals surface area contributed by atoms with Crippen LogP contribution in [0, 0.1) is 0 Å². The van der Waals surface area contributed by atoms with Gasteiger partial charge in [-0.25, -0.2) is 4.79 Å². The summed E-state index contributed by atoms with van der Waals surface area (Å²) in [6.07, 6.45) is -0.0907. The number of rotatable bonds is 8. The van der Waals surface area contributed by atoms with E-state index in [1.807, 2.05) is 38.1 Å². The van der Waals surface area contributed by atoms with Crippen LogP contribution in [0.15, 0.2) is 48.5 Å². The van der Waals surface area contributed by atoms with Crippen molar-refractivity contribution in [3.8, 4) is 11.1 Å². The van der Waals surface area contributed by atoms with Gasteiger partial charge >= 0.3 is 12.1 Å². The number of carboxylic acids is 1. The number of fused-ring (bicyclic) bond motifs is 3. The molecule has 2 aromatic carbocycles. The van der Waals surface area contributed by atoms with E-state index in [-0.39, 0.29) is 37.9 Å². The van der Waals surface area contributed by atoms with Crippen molar-refractivity contribution in [2.45, 2.75) is 50.6 Å². The van der Waals surface area contributed by atoms with E-state index in [1.165, 1.54) is 11.1 Å². The zero-order valence-corrected chi connectivity index (χ0v) is 20.2. The van der Waals surface area contributed by atoms with Crippen LogP contribution in [-0.2, 0) is 19.1 Å². The number of carboxylic acid groups (broad SMARTS) is 1. The smallest absolute Gasteiger partial charge is 0.407 e. The first kappa shape index (κ1) is 24.7. The molecule has 1 saturated heterocycles. The Kier molecular flexibility index (Phi) is 7.40. The number of carbonyl (C=O) groups is 3. The molecule has 35 heavy (non-hydrogen) atoms. The van der Waals surface area contributed by atoms with Gasteiger partial charge in [-0.15, -0.1) is 0 Å². The van der Waals surface area contributed by atoms with Crippen molar-refractivity contribution >= 4 is 18.0 Å². The number of alkyl carbamates (subject to hydrolysis) is 1. The fraction of sp³-hybridized carbons (Fsp3) is 0.444. The fourth-order valence-electron chi connectivity index (χ4n) is 4.89. The average molecular weight is 481 g/mol. The lowest BCUT2D eigenvalue weighted by molar-refractivity contribution is -0.146. The van der Waals surface area contributed by atoms with E-state index in [0.717, 1.165) is 11.1 Å². The first-order chi connectivity index (χ1) is 16.7. The van der Waals surface area contributed by atoms with E-state index in [1.54, 1.807) is 4.90 Å². The maximum Gasteiger partial charge on any atom is 0.407 e. The van der Waals surface area contributed by atoms with Crippen molar-refractivity contribution in [2.75, 3.05) is 26.4 Å². The number of morpholine rings is 1. The second-order valence-electron chi connectivity index (χ2n) is 9.75. The molecule has 0 bridgehead atoms. The Labute approximate surface area is 205 Å². The predicted octanol–water partition coefficient (Wildman–Crippen LogP) is 3.79. The van der Waals surface area contributed by atoms with Crippen molar-refractivity contribution in [3.05, 3.63) is 59.7 Å². The minimum absolute atomic E-state index is 0.0228. The van der Waals surface area contributed by atoms with Gasteiger partial charge < -0.3 is 24.8 Å². The lowest BCUT2D eigenvalue weighted by Crippen LogP contribution is -2.50. The summed E-state index contributed by atoms with van der Waals surface area (Å²) in [5.74, 6) is -1.12. The number of hydrogen-bond donors (Lipinski definition) is 2. The van der Waals surface area contributed by atoms with E-state index < -0.39 is 23.6 Å². The molecule has 4 rings (SSSR count). The van der Waals surface area contributed by atoms with Gasteiger partial charge in [0.2, 0.25) is 5.91 Å². The normalized spacial score (nSPS) is 17.4. The van der Waals surface area contributed by atoms with E-state index in [0.29, 0.717) is 19.6 Å². The maximum absolute atomic E-state index is 12.8. The molecule has 1 atom stereocenters. The van der Waals surface area contributed by atoms with E-state index >= 15 is 0 Å². The van der Waals surface area contributed by atoms with Crippen molar-refractivity contribution in [1.82, 2.24) is 10.2 Å². The highest BCUT2D eigenvalue weighted by atomic mass is 16.5. The highest BCUT2D eigenvalue weighted by molar-refractivity contribution is 5.79. The summed E-state index contributed by atoms with van der Waals surface area (Å²) >= 11 is 0. The molecule has 186 valence electrons. The van der Waals surface area contributed by atoms with Gasteiger partial charge in [0.1, 0.15) is 6.61 Å². The van der Waals surface area contributed by atoms with Gasteiger partial charge in [-0.3, -0.25) is 9.59 Å². The number of carbonyl (C=O) groups excluding carboxylic acids is 2. The Morgan fingerprint density at radius 1 is 1.09 bits per heavy atom.